The second kappa shape index (κ2) is 8.48. The number of nitrogens with zero attached hydrogens (tertiary/aromatic N) is 1. The van der Waals surface area contributed by atoms with Crippen molar-refractivity contribution in [2.24, 2.45) is 5.92 Å². The Labute approximate surface area is 184 Å². The van der Waals surface area contributed by atoms with Crippen LogP contribution < -0.4 is 9.47 Å². The van der Waals surface area contributed by atoms with Crippen LogP contribution in [-0.4, -0.2) is 47.3 Å². The summed E-state index contributed by atoms with van der Waals surface area (Å²) in [5.74, 6) is 0.808. The van der Waals surface area contributed by atoms with E-state index < -0.39 is 18.2 Å². The zero-order valence-corrected chi connectivity index (χ0v) is 18.3. The molecule has 1 aliphatic carbocycles. The van der Waals surface area contributed by atoms with Crippen LogP contribution in [0, 0.1) is 5.92 Å². The molecule has 1 unspecified atom stereocenters. The zero-order chi connectivity index (χ0) is 22.2. The Kier molecular flexibility index (Phi) is 5.91. The lowest BCUT2D eigenvalue weighted by atomic mass is 9.55. The third kappa shape index (κ3) is 3.36. The standard InChI is InChI=1S/C26H31NO4/c1-5-8-9-10-22(29)30-21-12-11-18-16-19-17(4)26(13-15-27(19)14-6-2)23(18)24(21)31-25(26)20(28)7-3/h5-12,17,19-20,25,28H,2-3,13-16H2,1,4H3/b8-5+,10-9+/t17?,19-,20+,25+,26+/m1/s1. The Bertz CT molecular complexity index is 949. The number of aliphatic hydroxyl groups is 1. The number of piperidine rings is 1. The molecule has 164 valence electrons. The van der Waals surface area contributed by atoms with Gasteiger partial charge in [-0.05, 0) is 43.9 Å². The summed E-state index contributed by atoms with van der Waals surface area (Å²) in [4.78, 5) is 14.8. The third-order valence-corrected chi connectivity index (χ3v) is 7.19. The quantitative estimate of drug-likeness (QED) is 0.239. The maximum Gasteiger partial charge on any atom is 0.336 e. The van der Waals surface area contributed by atoms with Crippen molar-refractivity contribution in [2.75, 3.05) is 13.1 Å². The van der Waals surface area contributed by atoms with E-state index in [0.29, 0.717) is 17.5 Å². The molecule has 1 saturated heterocycles. The Morgan fingerprint density at radius 2 is 2.23 bits per heavy atom. The van der Waals surface area contributed by atoms with Gasteiger partial charge in [-0.15, -0.1) is 13.2 Å². The minimum absolute atomic E-state index is 0.259. The first kappa shape index (κ1) is 21.6. The van der Waals surface area contributed by atoms with Crippen molar-refractivity contribution in [1.82, 2.24) is 4.90 Å². The molecule has 1 aromatic rings. The number of aliphatic hydroxyl groups excluding tert-OH is 1. The summed E-state index contributed by atoms with van der Waals surface area (Å²) < 4.78 is 12.1. The van der Waals surface area contributed by atoms with Crippen LogP contribution in [-0.2, 0) is 16.6 Å². The Morgan fingerprint density at radius 3 is 2.94 bits per heavy atom. The van der Waals surface area contributed by atoms with Gasteiger partial charge < -0.3 is 14.6 Å². The molecule has 5 heteroatoms. The molecule has 0 saturated carbocycles. The van der Waals surface area contributed by atoms with Gasteiger partial charge in [0.1, 0.15) is 12.2 Å². The first-order valence-corrected chi connectivity index (χ1v) is 11.0. The number of hydrogen-bond acceptors (Lipinski definition) is 5. The molecule has 4 rings (SSSR count). The lowest BCUT2D eigenvalue weighted by Crippen LogP contribution is -2.63. The van der Waals surface area contributed by atoms with E-state index in [1.807, 2.05) is 31.2 Å². The lowest BCUT2D eigenvalue weighted by molar-refractivity contribution is -0.129. The van der Waals surface area contributed by atoms with Crippen LogP contribution in [0.4, 0.5) is 0 Å². The number of likely N-dealkylation sites (tertiary alicyclic amines) is 1. The predicted molar refractivity (Wildman–Crippen MR) is 121 cm³/mol. The Morgan fingerprint density at radius 1 is 1.42 bits per heavy atom. The summed E-state index contributed by atoms with van der Waals surface area (Å²) in [5, 5.41) is 10.9. The molecule has 0 aromatic heterocycles. The first-order valence-electron chi connectivity index (χ1n) is 11.0. The summed E-state index contributed by atoms with van der Waals surface area (Å²) in [7, 11) is 0. The topological polar surface area (TPSA) is 59.0 Å². The van der Waals surface area contributed by atoms with Crippen molar-refractivity contribution in [3.05, 3.63) is 72.9 Å². The average molecular weight is 422 g/mol. The van der Waals surface area contributed by atoms with E-state index in [9.17, 15) is 9.90 Å². The van der Waals surface area contributed by atoms with E-state index in [-0.39, 0.29) is 11.3 Å². The minimum Gasteiger partial charge on any atom is -0.482 e. The van der Waals surface area contributed by atoms with Crippen LogP contribution in [0.3, 0.4) is 0 Å². The van der Waals surface area contributed by atoms with Crippen LogP contribution in [0.15, 0.2) is 61.7 Å². The van der Waals surface area contributed by atoms with Gasteiger partial charge in [-0.25, -0.2) is 4.79 Å². The number of carbonyl (C=O) groups excluding carboxylic acids is 1. The molecule has 5 nitrogen and oxygen atoms in total. The fraction of sp³-hybridized carbons (Fsp3) is 0.423. The number of ether oxygens (including phenoxy) is 2. The highest BCUT2D eigenvalue weighted by Crippen LogP contribution is 2.61. The van der Waals surface area contributed by atoms with Gasteiger partial charge >= 0.3 is 5.97 Å². The van der Waals surface area contributed by atoms with Gasteiger partial charge in [0.25, 0.3) is 0 Å². The largest absolute Gasteiger partial charge is 0.482 e. The van der Waals surface area contributed by atoms with Gasteiger partial charge in [-0.1, -0.05) is 43.4 Å². The summed E-state index contributed by atoms with van der Waals surface area (Å²) in [6.07, 6.45) is 10.6. The van der Waals surface area contributed by atoms with Crippen LogP contribution in [0.5, 0.6) is 11.5 Å². The molecule has 5 atom stereocenters. The van der Waals surface area contributed by atoms with Crippen molar-refractivity contribution in [2.45, 2.75) is 50.4 Å². The van der Waals surface area contributed by atoms with E-state index in [2.05, 4.69) is 25.0 Å². The van der Waals surface area contributed by atoms with Gasteiger partial charge in [0, 0.05) is 29.6 Å². The normalized spacial score (nSPS) is 30.1. The number of allylic oxidation sites excluding steroid dienone is 3. The molecule has 31 heavy (non-hydrogen) atoms. The molecule has 2 aliphatic heterocycles. The molecule has 1 aromatic carbocycles. The zero-order valence-electron chi connectivity index (χ0n) is 18.3. The highest BCUT2D eigenvalue weighted by atomic mass is 16.6. The SMILES string of the molecule is C=CCN1CC[C@]23c4c(ccc(OC(=O)/C=C/C=C/C)c4O[C@H]2[C@@H](O)C=C)C[C@@H]1C3C. The summed E-state index contributed by atoms with van der Waals surface area (Å²) in [6, 6.07) is 4.20. The maximum absolute atomic E-state index is 12.3. The summed E-state index contributed by atoms with van der Waals surface area (Å²) in [5.41, 5.74) is 1.96. The number of rotatable bonds is 7. The van der Waals surface area contributed by atoms with Crippen molar-refractivity contribution in [3.8, 4) is 11.5 Å². The molecular weight excluding hydrogens is 390 g/mol. The maximum atomic E-state index is 12.3. The van der Waals surface area contributed by atoms with E-state index in [4.69, 9.17) is 9.47 Å². The van der Waals surface area contributed by atoms with Gasteiger partial charge in [-0.2, -0.15) is 0 Å². The molecule has 1 spiro atoms. The molecule has 0 radical (unpaired) electrons. The molecule has 2 heterocycles. The highest BCUT2D eigenvalue weighted by molar-refractivity contribution is 5.85. The van der Waals surface area contributed by atoms with Gasteiger partial charge in [0.05, 0.1) is 0 Å². The number of fused-ring (bicyclic) bond motifs is 1. The molecule has 1 fully saturated rings. The predicted octanol–water partition coefficient (Wildman–Crippen LogP) is 3.72. The first-order chi connectivity index (χ1) is 15.0. The monoisotopic (exact) mass is 421 g/mol. The molecule has 0 amide bonds. The van der Waals surface area contributed by atoms with E-state index in [1.165, 1.54) is 11.6 Å². The Balaban J connectivity index is 1.79. The van der Waals surface area contributed by atoms with Crippen LogP contribution in [0.25, 0.3) is 0 Å². The Hall–Kier alpha value is -2.63. The summed E-state index contributed by atoms with van der Waals surface area (Å²) in [6.45, 7) is 13.6. The number of esters is 1. The number of benzene rings is 1. The second-order valence-electron chi connectivity index (χ2n) is 8.63. The van der Waals surface area contributed by atoms with E-state index >= 15 is 0 Å². The van der Waals surface area contributed by atoms with Gasteiger partial charge in [0.15, 0.2) is 11.5 Å². The van der Waals surface area contributed by atoms with Gasteiger partial charge in [-0.3, -0.25) is 4.90 Å². The van der Waals surface area contributed by atoms with Gasteiger partial charge in [0.2, 0.25) is 0 Å². The third-order valence-electron chi connectivity index (χ3n) is 7.19. The molecule has 1 N–H and O–H groups in total. The van der Waals surface area contributed by atoms with Crippen LogP contribution in [0.1, 0.15) is 31.4 Å². The highest BCUT2D eigenvalue weighted by Gasteiger charge is 2.62. The lowest BCUT2D eigenvalue weighted by Gasteiger charge is -2.55. The van der Waals surface area contributed by atoms with Crippen molar-refractivity contribution in [1.29, 1.82) is 0 Å². The van der Waals surface area contributed by atoms with Crippen LogP contribution >= 0.6 is 0 Å². The number of carbonyl (C=O) groups is 1. The fourth-order valence-electron chi connectivity index (χ4n) is 5.80. The molecule has 2 bridgehead atoms. The second-order valence-corrected chi connectivity index (χ2v) is 8.63. The summed E-state index contributed by atoms with van der Waals surface area (Å²) >= 11 is 0. The van der Waals surface area contributed by atoms with Crippen LogP contribution in [0.2, 0.25) is 0 Å². The minimum atomic E-state index is -0.814. The average Bonchev–Trinajstić information content (AvgIpc) is 3.10. The smallest absolute Gasteiger partial charge is 0.336 e. The molecular formula is C26H31NO4. The van der Waals surface area contributed by atoms with E-state index in [1.54, 1.807) is 18.2 Å². The van der Waals surface area contributed by atoms with Crippen molar-refractivity contribution >= 4 is 5.97 Å². The van der Waals surface area contributed by atoms with E-state index in [0.717, 1.165) is 31.5 Å². The fourth-order valence-corrected chi connectivity index (χ4v) is 5.80. The number of hydrogen-bond donors (Lipinski definition) is 1. The molecule has 3 aliphatic rings. The van der Waals surface area contributed by atoms with Crippen molar-refractivity contribution in [3.63, 3.8) is 0 Å². The van der Waals surface area contributed by atoms with Crippen molar-refractivity contribution < 1.29 is 19.4 Å².